The quantitative estimate of drug-likeness (QED) is 0.665. The number of methoxy groups -OCH3 is 1. The van der Waals surface area contributed by atoms with Crippen molar-refractivity contribution in [2.45, 2.75) is 6.42 Å². The lowest BCUT2D eigenvalue weighted by Crippen LogP contribution is -2.30. The predicted molar refractivity (Wildman–Crippen MR) is 101 cm³/mol. The molecule has 2 aromatic carbocycles. The number of hydrogen-bond acceptors (Lipinski definition) is 3. The normalized spacial score (nSPS) is 10.2. The lowest BCUT2D eigenvalue weighted by Gasteiger charge is -2.10. The monoisotopic (exact) mass is 424 g/mol. The fourth-order valence-corrected chi connectivity index (χ4v) is 2.73. The molecule has 0 bridgehead atoms. The number of amides is 2. The Morgan fingerprint density at radius 2 is 1.80 bits per heavy atom. The van der Waals surface area contributed by atoms with E-state index < -0.39 is 0 Å². The first-order chi connectivity index (χ1) is 12.0. The minimum absolute atomic E-state index is 0.146. The first-order valence-corrected chi connectivity index (χ1v) is 8.84. The highest BCUT2D eigenvalue weighted by Gasteiger charge is 2.12. The van der Waals surface area contributed by atoms with Gasteiger partial charge in [-0.2, -0.15) is 0 Å². The van der Waals surface area contributed by atoms with Gasteiger partial charge in [-0.3, -0.25) is 9.59 Å². The summed E-state index contributed by atoms with van der Waals surface area (Å²) in [5.74, 6) is 0.0341. The second-order valence-corrected chi connectivity index (χ2v) is 6.57. The van der Waals surface area contributed by atoms with E-state index in [0.717, 1.165) is 4.47 Å². The van der Waals surface area contributed by atoms with Gasteiger partial charge in [0.25, 0.3) is 11.8 Å². The smallest absolute Gasteiger partial charge is 0.255 e. The summed E-state index contributed by atoms with van der Waals surface area (Å²) in [6.07, 6.45) is 0.612. The Morgan fingerprint density at radius 3 is 2.48 bits per heavy atom. The summed E-state index contributed by atoms with van der Waals surface area (Å²) in [6, 6.07) is 12.0. The van der Waals surface area contributed by atoms with Crippen LogP contribution in [0.15, 0.2) is 46.9 Å². The zero-order valence-corrected chi connectivity index (χ0v) is 16.0. The van der Waals surface area contributed by atoms with Gasteiger partial charge in [0.2, 0.25) is 0 Å². The van der Waals surface area contributed by atoms with Crippen molar-refractivity contribution >= 4 is 39.3 Å². The predicted octanol–water partition coefficient (Wildman–Crippen LogP) is 3.66. The number of hydrogen-bond donors (Lipinski definition) is 2. The molecule has 132 valence electrons. The summed E-state index contributed by atoms with van der Waals surface area (Å²) in [4.78, 5) is 24.1. The van der Waals surface area contributed by atoms with Crippen molar-refractivity contribution in [3.05, 3.63) is 63.1 Å². The van der Waals surface area contributed by atoms with Crippen molar-refractivity contribution in [3.8, 4) is 5.75 Å². The number of carbonyl (C=O) groups excluding carboxylic acids is 2. The Balaban J connectivity index is 1.76. The zero-order chi connectivity index (χ0) is 18.2. The van der Waals surface area contributed by atoms with Gasteiger partial charge in [-0.15, -0.1) is 0 Å². The number of carbonyl (C=O) groups is 2. The van der Waals surface area contributed by atoms with E-state index in [1.54, 1.807) is 36.4 Å². The van der Waals surface area contributed by atoms with E-state index in [4.69, 9.17) is 16.3 Å². The van der Waals surface area contributed by atoms with E-state index >= 15 is 0 Å². The SMILES string of the molecule is COc1cc(Cl)ccc1C(=O)NCCCNC(=O)c1cccc(Br)c1. The third-order valence-electron chi connectivity index (χ3n) is 3.42. The highest BCUT2D eigenvalue weighted by atomic mass is 79.9. The van der Waals surface area contributed by atoms with Gasteiger partial charge in [0.05, 0.1) is 12.7 Å². The van der Waals surface area contributed by atoms with Gasteiger partial charge in [-0.05, 0) is 42.8 Å². The Bertz CT molecular complexity index is 768. The van der Waals surface area contributed by atoms with Crippen molar-refractivity contribution in [3.63, 3.8) is 0 Å². The Morgan fingerprint density at radius 1 is 1.08 bits per heavy atom. The molecule has 0 aliphatic heterocycles. The van der Waals surface area contributed by atoms with E-state index in [0.29, 0.717) is 41.4 Å². The van der Waals surface area contributed by atoms with E-state index in [-0.39, 0.29) is 11.8 Å². The molecule has 0 aromatic heterocycles. The van der Waals surface area contributed by atoms with Crippen LogP contribution in [0.2, 0.25) is 5.02 Å². The molecule has 0 unspecified atom stereocenters. The molecule has 2 amide bonds. The van der Waals surface area contributed by atoms with Crippen molar-refractivity contribution in [2.75, 3.05) is 20.2 Å². The largest absolute Gasteiger partial charge is 0.496 e. The fourth-order valence-electron chi connectivity index (χ4n) is 2.17. The average molecular weight is 426 g/mol. The first-order valence-electron chi connectivity index (χ1n) is 7.67. The Labute approximate surface area is 159 Å². The molecule has 0 saturated carbocycles. The van der Waals surface area contributed by atoms with Crippen molar-refractivity contribution in [1.29, 1.82) is 0 Å². The highest BCUT2D eigenvalue weighted by Crippen LogP contribution is 2.22. The molecule has 7 heteroatoms. The van der Waals surface area contributed by atoms with Crippen LogP contribution in [0.4, 0.5) is 0 Å². The lowest BCUT2D eigenvalue weighted by atomic mass is 10.2. The third kappa shape index (κ3) is 5.76. The lowest BCUT2D eigenvalue weighted by molar-refractivity contribution is 0.0949. The second kappa shape index (κ2) is 9.44. The molecule has 5 nitrogen and oxygen atoms in total. The molecule has 0 atom stereocenters. The molecule has 0 heterocycles. The summed E-state index contributed by atoms with van der Waals surface area (Å²) in [6.45, 7) is 0.896. The first kappa shape index (κ1) is 19.3. The van der Waals surface area contributed by atoms with Crippen LogP contribution < -0.4 is 15.4 Å². The van der Waals surface area contributed by atoms with Crippen LogP contribution in [-0.4, -0.2) is 32.0 Å². The standard InChI is InChI=1S/C18H18BrClN2O3/c1-25-16-11-14(20)6-7-15(16)18(24)22-9-3-8-21-17(23)12-4-2-5-13(19)10-12/h2,4-7,10-11H,3,8-9H2,1H3,(H,21,23)(H,22,24). The number of halogens is 2. The van der Waals surface area contributed by atoms with E-state index in [1.807, 2.05) is 6.07 Å². The Kier molecular flexibility index (Phi) is 7.28. The topological polar surface area (TPSA) is 67.4 Å². The third-order valence-corrected chi connectivity index (χ3v) is 4.15. The number of benzene rings is 2. The average Bonchev–Trinajstić information content (AvgIpc) is 2.60. The van der Waals surface area contributed by atoms with Crippen LogP contribution in [0.5, 0.6) is 5.75 Å². The van der Waals surface area contributed by atoms with E-state index in [9.17, 15) is 9.59 Å². The molecule has 0 radical (unpaired) electrons. The summed E-state index contributed by atoms with van der Waals surface area (Å²) in [5.41, 5.74) is 1.01. The maximum atomic E-state index is 12.2. The molecule has 2 N–H and O–H groups in total. The highest BCUT2D eigenvalue weighted by molar-refractivity contribution is 9.10. The summed E-state index contributed by atoms with van der Waals surface area (Å²) in [5, 5.41) is 6.11. The second-order valence-electron chi connectivity index (χ2n) is 5.22. The molecule has 0 saturated heterocycles. The molecule has 0 fully saturated rings. The van der Waals surface area contributed by atoms with Crippen LogP contribution >= 0.6 is 27.5 Å². The molecule has 0 aliphatic carbocycles. The van der Waals surface area contributed by atoms with Gasteiger partial charge in [-0.25, -0.2) is 0 Å². The van der Waals surface area contributed by atoms with Crippen molar-refractivity contribution in [1.82, 2.24) is 10.6 Å². The maximum Gasteiger partial charge on any atom is 0.255 e. The number of ether oxygens (including phenoxy) is 1. The summed E-state index contributed by atoms with van der Waals surface area (Å²) < 4.78 is 6.01. The Hall–Kier alpha value is -2.05. The van der Waals surface area contributed by atoms with Gasteiger partial charge >= 0.3 is 0 Å². The van der Waals surface area contributed by atoms with Crippen LogP contribution in [-0.2, 0) is 0 Å². The van der Waals surface area contributed by atoms with Gasteiger partial charge < -0.3 is 15.4 Å². The van der Waals surface area contributed by atoms with Crippen LogP contribution in [0, 0.1) is 0 Å². The molecular weight excluding hydrogens is 408 g/mol. The van der Waals surface area contributed by atoms with E-state index in [2.05, 4.69) is 26.6 Å². The van der Waals surface area contributed by atoms with Gasteiger partial charge in [-0.1, -0.05) is 33.6 Å². The van der Waals surface area contributed by atoms with Crippen LogP contribution in [0.3, 0.4) is 0 Å². The van der Waals surface area contributed by atoms with Crippen molar-refractivity contribution < 1.29 is 14.3 Å². The van der Waals surface area contributed by atoms with Crippen LogP contribution in [0.25, 0.3) is 0 Å². The van der Waals surface area contributed by atoms with Gasteiger partial charge in [0.1, 0.15) is 5.75 Å². The summed E-state index contributed by atoms with van der Waals surface area (Å²) >= 11 is 9.21. The molecule has 25 heavy (non-hydrogen) atoms. The summed E-state index contributed by atoms with van der Waals surface area (Å²) in [7, 11) is 1.49. The van der Waals surface area contributed by atoms with Crippen LogP contribution in [0.1, 0.15) is 27.1 Å². The van der Waals surface area contributed by atoms with Crippen molar-refractivity contribution in [2.24, 2.45) is 0 Å². The zero-order valence-electron chi connectivity index (χ0n) is 13.6. The minimum Gasteiger partial charge on any atom is -0.496 e. The fraction of sp³-hybridized carbons (Fsp3) is 0.222. The van der Waals surface area contributed by atoms with E-state index in [1.165, 1.54) is 7.11 Å². The van der Waals surface area contributed by atoms with Gasteiger partial charge in [0, 0.05) is 28.1 Å². The minimum atomic E-state index is -0.244. The number of nitrogens with one attached hydrogen (secondary N) is 2. The molecular formula is C18H18BrClN2O3. The molecule has 0 spiro atoms. The van der Waals surface area contributed by atoms with Gasteiger partial charge in [0.15, 0.2) is 0 Å². The molecule has 0 aliphatic rings. The maximum absolute atomic E-state index is 12.2. The molecule has 2 rings (SSSR count). The molecule has 2 aromatic rings. The number of rotatable bonds is 7.